The maximum Gasteiger partial charge on any atom is 0.317 e. The first-order valence-electron chi connectivity index (χ1n) is 8.72. The Labute approximate surface area is 157 Å². The average molecular weight is 378 g/mol. The Morgan fingerprint density at radius 1 is 1.38 bits per heavy atom. The van der Waals surface area contributed by atoms with E-state index in [0.29, 0.717) is 18.1 Å². The van der Waals surface area contributed by atoms with Gasteiger partial charge < -0.3 is 25.4 Å². The molecule has 1 aromatic heterocycles. The SMILES string of the molecule is CNC(=O)N1CCC[C@@H](N(C)C(=O)NCc2cc3cc(Cl)ccc3[nH]2)C1. The van der Waals surface area contributed by atoms with Crippen LogP contribution in [0.25, 0.3) is 10.9 Å². The number of carbonyl (C=O) groups is 2. The summed E-state index contributed by atoms with van der Waals surface area (Å²) in [6, 6.07) is 7.39. The first kappa shape index (κ1) is 18.4. The molecule has 4 amide bonds. The topological polar surface area (TPSA) is 80.5 Å². The summed E-state index contributed by atoms with van der Waals surface area (Å²) in [5, 5.41) is 7.28. The number of nitrogens with zero attached hydrogens (tertiary/aromatic N) is 2. The van der Waals surface area contributed by atoms with E-state index in [-0.39, 0.29) is 18.1 Å². The van der Waals surface area contributed by atoms with Crippen molar-refractivity contribution in [3.63, 3.8) is 0 Å². The molecule has 0 unspecified atom stereocenters. The largest absolute Gasteiger partial charge is 0.357 e. The van der Waals surface area contributed by atoms with Gasteiger partial charge in [-0.25, -0.2) is 9.59 Å². The van der Waals surface area contributed by atoms with Crippen molar-refractivity contribution < 1.29 is 9.59 Å². The summed E-state index contributed by atoms with van der Waals surface area (Å²) < 4.78 is 0. The highest BCUT2D eigenvalue weighted by atomic mass is 35.5. The fourth-order valence-electron chi connectivity index (χ4n) is 3.33. The third kappa shape index (κ3) is 4.04. The van der Waals surface area contributed by atoms with Crippen molar-refractivity contribution in [1.82, 2.24) is 25.4 Å². The molecule has 3 N–H and O–H groups in total. The molecule has 2 aromatic rings. The number of amides is 4. The van der Waals surface area contributed by atoms with Gasteiger partial charge in [0, 0.05) is 48.8 Å². The monoisotopic (exact) mass is 377 g/mol. The van der Waals surface area contributed by atoms with Crippen LogP contribution >= 0.6 is 11.6 Å². The molecular formula is C18H24ClN5O2. The zero-order valence-electron chi connectivity index (χ0n) is 15.0. The van der Waals surface area contributed by atoms with E-state index in [1.807, 2.05) is 24.3 Å². The number of urea groups is 2. The summed E-state index contributed by atoms with van der Waals surface area (Å²) >= 11 is 6.00. The molecule has 8 heteroatoms. The van der Waals surface area contributed by atoms with Gasteiger partial charge in [-0.2, -0.15) is 0 Å². The number of likely N-dealkylation sites (N-methyl/N-ethyl adjacent to an activating group) is 1. The second kappa shape index (κ2) is 7.86. The molecular weight excluding hydrogens is 354 g/mol. The number of H-pyrrole nitrogens is 1. The lowest BCUT2D eigenvalue weighted by atomic mass is 10.1. The van der Waals surface area contributed by atoms with Crippen molar-refractivity contribution in [1.29, 1.82) is 0 Å². The summed E-state index contributed by atoms with van der Waals surface area (Å²) in [6.07, 6.45) is 1.78. The number of fused-ring (bicyclic) bond motifs is 1. The maximum atomic E-state index is 12.5. The second-order valence-corrected chi connectivity index (χ2v) is 7.03. The smallest absolute Gasteiger partial charge is 0.317 e. The Morgan fingerprint density at radius 3 is 2.96 bits per heavy atom. The van der Waals surface area contributed by atoms with Gasteiger partial charge in [-0.15, -0.1) is 0 Å². The number of benzene rings is 1. The molecule has 1 aliphatic rings. The van der Waals surface area contributed by atoms with Crippen molar-refractivity contribution in [2.75, 3.05) is 27.2 Å². The van der Waals surface area contributed by atoms with Crippen LogP contribution in [0.1, 0.15) is 18.5 Å². The van der Waals surface area contributed by atoms with Gasteiger partial charge in [-0.1, -0.05) is 11.6 Å². The maximum absolute atomic E-state index is 12.5. The molecule has 1 aromatic carbocycles. The van der Waals surface area contributed by atoms with E-state index >= 15 is 0 Å². The number of halogens is 1. The molecule has 0 spiro atoms. The molecule has 0 radical (unpaired) electrons. The molecule has 0 aliphatic carbocycles. The quantitative estimate of drug-likeness (QED) is 0.768. The van der Waals surface area contributed by atoms with Crippen molar-refractivity contribution in [2.24, 2.45) is 0 Å². The molecule has 7 nitrogen and oxygen atoms in total. The second-order valence-electron chi connectivity index (χ2n) is 6.59. The van der Waals surface area contributed by atoms with Crippen LogP contribution < -0.4 is 10.6 Å². The Morgan fingerprint density at radius 2 is 2.19 bits per heavy atom. The van der Waals surface area contributed by atoms with Gasteiger partial charge in [0.05, 0.1) is 12.6 Å². The Hall–Kier alpha value is -2.41. The fraction of sp³-hybridized carbons (Fsp3) is 0.444. The highest BCUT2D eigenvalue weighted by Crippen LogP contribution is 2.20. The minimum absolute atomic E-state index is 0.0163. The summed E-state index contributed by atoms with van der Waals surface area (Å²) in [7, 11) is 3.40. The van der Waals surface area contributed by atoms with Crippen LogP contribution in [0.15, 0.2) is 24.3 Å². The average Bonchev–Trinajstić information content (AvgIpc) is 3.06. The number of carbonyl (C=O) groups excluding carboxylic acids is 2. The number of aromatic nitrogens is 1. The van der Waals surface area contributed by atoms with E-state index < -0.39 is 0 Å². The molecule has 0 saturated carbocycles. The minimum atomic E-state index is -0.148. The highest BCUT2D eigenvalue weighted by molar-refractivity contribution is 6.31. The van der Waals surface area contributed by atoms with Crippen LogP contribution in [0.5, 0.6) is 0 Å². The van der Waals surface area contributed by atoms with E-state index in [0.717, 1.165) is 36.0 Å². The van der Waals surface area contributed by atoms with Gasteiger partial charge in [0.1, 0.15) is 0 Å². The molecule has 0 bridgehead atoms. The zero-order chi connectivity index (χ0) is 18.7. The molecule has 1 aliphatic heterocycles. The van der Waals surface area contributed by atoms with Gasteiger partial charge in [-0.05, 0) is 37.1 Å². The molecule has 3 rings (SSSR count). The molecule has 2 heterocycles. The van der Waals surface area contributed by atoms with Crippen LogP contribution in [-0.4, -0.2) is 60.1 Å². The number of hydrogen-bond donors (Lipinski definition) is 3. The molecule has 1 fully saturated rings. The number of aromatic amines is 1. The normalized spacial score (nSPS) is 17.2. The van der Waals surface area contributed by atoms with E-state index in [2.05, 4.69) is 15.6 Å². The lowest BCUT2D eigenvalue weighted by Crippen LogP contribution is -2.53. The Balaban J connectivity index is 1.57. The van der Waals surface area contributed by atoms with Gasteiger partial charge in [0.25, 0.3) is 0 Å². The Bertz CT molecular complexity index is 806. The number of rotatable bonds is 3. The van der Waals surface area contributed by atoms with Crippen LogP contribution in [0, 0.1) is 0 Å². The predicted octanol–water partition coefficient (Wildman–Crippen LogP) is 2.77. The van der Waals surface area contributed by atoms with Crippen molar-refractivity contribution in [3.05, 3.63) is 35.0 Å². The van der Waals surface area contributed by atoms with E-state index in [1.165, 1.54) is 0 Å². The molecule has 140 valence electrons. The van der Waals surface area contributed by atoms with Gasteiger partial charge in [0.15, 0.2) is 0 Å². The first-order valence-corrected chi connectivity index (χ1v) is 9.10. The summed E-state index contributed by atoms with van der Waals surface area (Å²) in [5.41, 5.74) is 1.90. The minimum Gasteiger partial charge on any atom is -0.357 e. The zero-order valence-corrected chi connectivity index (χ0v) is 15.8. The fourth-order valence-corrected chi connectivity index (χ4v) is 3.51. The third-order valence-electron chi connectivity index (χ3n) is 4.83. The molecule has 1 atom stereocenters. The van der Waals surface area contributed by atoms with Crippen LogP contribution in [-0.2, 0) is 6.54 Å². The predicted molar refractivity (Wildman–Crippen MR) is 102 cm³/mol. The van der Waals surface area contributed by atoms with Gasteiger partial charge in [0.2, 0.25) is 0 Å². The number of hydrogen-bond acceptors (Lipinski definition) is 2. The summed E-state index contributed by atoms with van der Waals surface area (Å²) in [4.78, 5) is 31.0. The van der Waals surface area contributed by atoms with Crippen molar-refractivity contribution in [2.45, 2.75) is 25.4 Å². The van der Waals surface area contributed by atoms with Crippen LogP contribution in [0.2, 0.25) is 5.02 Å². The summed E-state index contributed by atoms with van der Waals surface area (Å²) in [6.45, 7) is 1.68. The van der Waals surface area contributed by atoms with Crippen LogP contribution in [0.4, 0.5) is 9.59 Å². The van der Waals surface area contributed by atoms with Crippen molar-refractivity contribution in [3.8, 4) is 0 Å². The Kier molecular flexibility index (Phi) is 5.56. The molecule has 1 saturated heterocycles. The molecule has 26 heavy (non-hydrogen) atoms. The van der Waals surface area contributed by atoms with Gasteiger partial charge >= 0.3 is 12.1 Å². The first-order chi connectivity index (χ1) is 12.5. The van der Waals surface area contributed by atoms with E-state index in [4.69, 9.17) is 11.6 Å². The lowest BCUT2D eigenvalue weighted by Gasteiger charge is -2.37. The number of nitrogens with one attached hydrogen (secondary N) is 3. The van der Waals surface area contributed by atoms with Crippen LogP contribution in [0.3, 0.4) is 0 Å². The number of piperidine rings is 1. The van der Waals surface area contributed by atoms with Crippen molar-refractivity contribution >= 4 is 34.6 Å². The van der Waals surface area contributed by atoms with Gasteiger partial charge in [-0.3, -0.25) is 0 Å². The number of likely N-dealkylation sites (tertiary alicyclic amines) is 1. The highest BCUT2D eigenvalue weighted by Gasteiger charge is 2.28. The summed E-state index contributed by atoms with van der Waals surface area (Å²) in [5.74, 6) is 0. The lowest BCUT2D eigenvalue weighted by molar-refractivity contribution is 0.133. The standard InChI is InChI=1S/C18H24ClN5O2/c1-20-17(25)24-7-3-4-15(11-24)23(2)18(26)21-10-14-9-12-8-13(19)5-6-16(12)22-14/h5-6,8-9,15,22H,3-4,7,10-11H2,1-2H3,(H,20,25)(H,21,26)/t15-/m1/s1. The van der Waals surface area contributed by atoms with E-state index in [1.54, 1.807) is 23.9 Å². The third-order valence-corrected chi connectivity index (χ3v) is 5.07. The van der Waals surface area contributed by atoms with E-state index in [9.17, 15) is 9.59 Å².